The fourth-order valence-electron chi connectivity index (χ4n) is 4.34. The van der Waals surface area contributed by atoms with Crippen LogP contribution in [0.2, 0.25) is 0 Å². The van der Waals surface area contributed by atoms with Crippen LogP contribution in [0, 0.1) is 0 Å². The number of benzene rings is 2. The third-order valence-electron chi connectivity index (χ3n) is 6.02. The standard InChI is InChI=1S/C24H32N2/c1-3-17-25(18-4-1)23-13-9-21(10-14-23)7-8-22-11-15-24(16-12-22)26-19-5-2-6-20-26/h9-16H,1-8,17-20H2. The molecule has 2 heterocycles. The van der Waals surface area contributed by atoms with Crippen LogP contribution in [0.5, 0.6) is 0 Å². The molecule has 2 aliphatic heterocycles. The summed E-state index contributed by atoms with van der Waals surface area (Å²) >= 11 is 0. The molecule has 26 heavy (non-hydrogen) atoms. The number of aryl methyl sites for hydroxylation is 2. The Morgan fingerprint density at radius 3 is 1.15 bits per heavy atom. The zero-order chi connectivity index (χ0) is 17.6. The Morgan fingerprint density at radius 1 is 0.462 bits per heavy atom. The first-order chi connectivity index (χ1) is 12.9. The molecule has 0 spiro atoms. The molecule has 0 N–H and O–H groups in total. The topological polar surface area (TPSA) is 6.48 Å². The molecule has 2 nitrogen and oxygen atoms in total. The predicted molar refractivity (Wildman–Crippen MR) is 112 cm³/mol. The van der Waals surface area contributed by atoms with Crippen LogP contribution in [-0.2, 0) is 12.8 Å². The number of hydrogen-bond acceptors (Lipinski definition) is 2. The maximum atomic E-state index is 2.53. The van der Waals surface area contributed by atoms with Gasteiger partial charge in [-0.15, -0.1) is 0 Å². The normalized spacial score (nSPS) is 18.2. The van der Waals surface area contributed by atoms with Crippen LogP contribution in [0.25, 0.3) is 0 Å². The highest BCUT2D eigenvalue weighted by molar-refractivity contribution is 5.49. The number of rotatable bonds is 5. The highest BCUT2D eigenvalue weighted by atomic mass is 15.1. The molecule has 0 amide bonds. The van der Waals surface area contributed by atoms with Gasteiger partial charge in [-0.05, 0) is 86.8 Å². The van der Waals surface area contributed by atoms with Gasteiger partial charge in [-0.25, -0.2) is 0 Å². The molecule has 0 aromatic heterocycles. The molecule has 138 valence electrons. The average Bonchev–Trinajstić information content (AvgIpc) is 2.74. The van der Waals surface area contributed by atoms with Crippen molar-refractivity contribution in [3.8, 4) is 0 Å². The van der Waals surface area contributed by atoms with Crippen molar-refractivity contribution in [2.24, 2.45) is 0 Å². The second kappa shape index (κ2) is 8.62. The molecule has 0 aliphatic carbocycles. The molecule has 2 fully saturated rings. The number of hydrogen-bond donors (Lipinski definition) is 0. The van der Waals surface area contributed by atoms with Crippen molar-refractivity contribution in [2.45, 2.75) is 51.4 Å². The van der Waals surface area contributed by atoms with Gasteiger partial charge in [0.2, 0.25) is 0 Å². The van der Waals surface area contributed by atoms with Crippen molar-refractivity contribution >= 4 is 11.4 Å². The van der Waals surface area contributed by atoms with Crippen LogP contribution in [0.3, 0.4) is 0 Å². The largest absolute Gasteiger partial charge is 0.372 e. The summed E-state index contributed by atoms with van der Waals surface area (Å²) < 4.78 is 0. The van der Waals surface area contributed by atoms with E-state index < -0.39 is 0 Å². The third-order valence-corrected chi connectivity index (χ3v) is 6.02. The van der Waals surface area contributed by atoms with Crippen molar-refractivity contribution < 1.29 is 0 Å². The van der Waals surface area contributed by atoms with Crippen LogP contribution in [0.1, 0.15) is 49.7 Å². The van der Waals surface area contributed by atoms with Crippen molar-refractivity contribution in [3.63, 3.8) is 0 Å². The van der Waals surface area contributed by atoms with E-state index in [-0.39, 0.29) is 0 Å². The van der Waals surface area contributed by atoms with Crippen LogP contribution in [0.15, 0.2) is 48.5 Å². The summed E-state index contributed by atoms with van der Waals surface area (Å²) in [6.45, 7) is 4.90. The van der Waals surface area contributed by atoms with E-state index in [1.807, 2.05) is 0 Å². The number of anilines is 2. The summed E-state index contributed by atoms with van der Waals surface area (Å²) in [5.41, 5.74) is 5.70. The van der Waals surface area contributed by atoms with E-state index in [0.29, 0.717) is 0 Å². The van der Waals surface area contributed by atoms with Gasteiger partial charge in [-0.1, -0.05) is 24.3 Å². The summed E-state index contributed by atoms with van der Waals surface area (Å²) in [6.07, 6.45) is 10.4. The Balaban J connectivity index is 1.30. The zero-order valence-electron chi connectivity index (χ0n) is 16.0. The highest BCUT2D eigenvalue weighted by Gasteiger charge is 2.11. The molecule has 2 aliphatic rings. The number of nitrogens with zero attached hydrogens (tertiary/aromatic N) is 2. The average molecular weight is 349 g/mol. The minimum atomic E-state index is 1.13. The maximum absolute atomic E-state index is 2.53. The molecule has 2 aromatic rings. The van der Waals surface area contributed by atoms with Gasteiger partial charge in [0.25, 0.3) is 0 Å². The second-order valence-electron chi connectivity index (χ2n) is 7.93. The first-order valence-corrected chi connectivity index (χ1v) is 10.6. The van der Waals surface area contributed by atoms with Gasteiger partial charge in [-0.2, -0.15) is 0 Å². The quantitative estimate of drug-likeness (QED) is 0.708. The fourth-order valence-corrected chi connectivity index (χ4v) is 4.34. The van der Waals surface area contributed by atoms with Gasteiger partial charge >= 0.3 is 0 Å². The molecule has 0 unspecified atom stereocenters. The summed E-state index contributed by atoms with van der Waals surface area (Å²) in [6, 6.07) is 18.6. The van der Waals surface area contributed by atoms with Crippen LogP contribution in [-0.4, -0.2) is 26.2 Å². The Kier molecular flexibility index (Phi) is 5.78. The zero-order valence-corrected chi connectivity index (χ0v) is 16.0. The van der Waals surface area contributed by atoms with Crippen molar-refractivity contribution in [1.82, 2.24) is 0 Å². The van der Waals surface area contributed by atoms with Gasteiger partial charge in [0.05, 0.1) is 0 Å². The molecule has 4 rings (SSSR count). The smallest absolute Gasteiger partial charge is 0.0366 e. The maximum Gasteiger partial charge on any atom is 0.0366 e. The van der Waals surface area contributed by atoms with E-state index in [0.717, 1.165) is 12.8 Å². The van der Waals surface area contributed by atoms with Crippen molar-refractivity contribution in [1.29, 1.82) is 0 Å². The van der Waals surface area contributed by atoms with Crippen LogP contribution >= 0.6 is 0 Å². The van der Waals surface area contributed by atoms with Crippen molar-refractivity contribution in [2.75, 3.05) is 36.0 Å². The first kappa shape index (κ1) is 17.5. The predicted octanol–water partition coefficient (Wildman–Crippen LogP) is 5.45. The SMILES string of the molecule is c1cc(N2CCCCC2)ccc1CCc1ccc(N2CCCCC2)cc1. The third kappa shape index (κ3) is 4.41. The van der Waals surface area contributed by atoms with Crippen LogP contribution < -0.4 is 9.80 Å². The van der Waals surface area contributed by atoms with Gasteiger partial charge in [0.1, 0.15) is 0 Å². The van der Waals surface area contributed by atoms with Crippen molar-refractivity contribution in [3.05, 3.63) is 59.7 Å². The lowest BCUT2D eigenvalue weighted by molar-refractivity contribution is 0.578. The lowest BCUT2D eigenvalue weighted by atomic mass is 10.0. The van der Waals surface area contributed by atoms with E-state index in [2.05, 4.69) is 58.3 Å². The molecule has 0 radical (unpaired) electrons. The second-order valence-corrected chi connectivity index (χ2v) is 7.93. The molecular formula is C24H32N2. The van der Waals surface area contributed by atoms with Crippen LogP contribution in [0.4, 0.5) is 11.4 Å². The summed E-state index contributed by atoms with van der Waals surface area (Å²) in [5, 5.41) is 0. The fraction of sp³-hybridized carbons (Fsp3) is 0.500. The summed E-state index contributed by atoms with van der Waals surface area (Å²) in [5.74, 6) is 0. The lowest BCUT2D eigenvalue weighted by Gasteiger charge is -2.29. The number of piperidine rings is 2. The molecular weight excluding hydrogens is 316 g/mol. The van der Waals surface area contributed by atoms with E-state index in [4.69, 9.17) is 0 Å². The minimum Gasteiger partial charge on any atom is -0.372 e. The summed E-state index contributed by atoms with van der Waals surface area (Å²) in [7, 11) is 0. The Labute approximate surface area is 158 Å². The lowest BCUT2D eigenvalue weighted by Crippen LogP contribution is -2.29. The van der Waals surface area contributed by atoms with E-state index in [1.165, 1.54) is 87.2 Å². The first-order valence-electron chi connectivity index (χ1n) is 10.6. The molecule has 0 bridgehead atoms. The monoisotopic (exact) mass is 348 g/mol. The van der Waals surface area contributed by atoms with Gasteiger partial charge in [-0.3, -0.25) is 0 Å². The Bertz CT molecular complexity index is 601. The highest BCUT2D eigenvalue weighted by Crippen LogP contribution is 2.22. The molecule has 0 saturated carbocycles. The molecule has 2 heteroatoms. The van der Waals surface area contributed by atoms with E-state index in [1.54, 1.807) is 0 Å². The summed E-state index contributed by atoms with van der Waals surface area (Å²) in [4.78, 5) is 5.07. The minimum absolute atomic E-state index is 1.13. The van der Waals surface area contributed by atoms with E-state index in [9.17, 15) is 0 Å². The molecule has 0 atom stereocenters. The van der Waals surface area contributed by atoms with Gasteiger partial charge < -0.3 is 9.80 Å². The Morgan fingerprint density at radius 2 is 0.808 bits per heavy atom. The van der Waals surface area contributed by atoms with E-state index >= 15 is 0 Å². The molecule has 2 saturated heterocycles. The Hall–Kier alpha value is -1.96. The molecule has 2 aromatic carbocycles. The van der Waals surface area contributed by atoms with Gasteiger partial charge in [0, 0.05) is 37.6 Å². The van der Waals surface area contributed by atoms with Gasteiger partial charge in [0.15, 0.2) is 0 Å².